The van der Waals surface area contributed by atoms with E-state index in [9.17, 15) is 14.4 Å². The van der Waals surface area contributed by atoms with Crippen molar-refractivity contribution in [3.05, 3.63) is 0 Å². The van der Waals surface area contributed by atoms with E-state index in [4.69, 9.17) is 28.4 Å². The van der Waals surface area contributed by atoms with Crippen LogP contribution in [0.25, 0.3) is 0 Å². The maximum Gasteiger partial charge on any atom is 0.224 e. The van der Waals surface area contributed by atoms with Crippen LogP contribution >= 0.6 is 0 Å². The number of nitrogens with one attached hydrogen (secondary N) is 2. The predicted molar refractivity (Wildman–Crippen MR) is 138 cm³/mol. The summed E-state index contributed by atoms with van der Waals surface area (Å²) < 4.78 is 32.5. The highest BCUT2D eigenvalue weighted by molar-refractivity contribution is 5.76. The van der Waals surface area contributed by atoms with Crippen LogP contribution in [0.2, 0.25) is 0 Å². The van der Waals surface area contributed by atoms with Crippen LogP contribution in [-0.2, 0) is 42.8 Å². The molecule has 0 spiro atoms. The third-order valence-corrected chi connectivity index (χ3v) is 4.86. The van der Waals surface area contributed by atoms with Crippen LogP contribution in [0.1, 0.15) is 40.0 Å². The molecule has 0 aromatic rings. The van der Waals surface area contributed by atoms with Crippen molar-refractivity contribution >= 4 is 17.7 Å². The van der Waals surface area contributed by atoms with Gasteiger partial charge in [0.25, 0.3) is 0 Å². The van der Waals surface area contributed by atoms with Gasteiger partial charge in [0.2, 0.25) is 17.7 Å². The predicted octanol–water partition coefficient (Wildman–Crippen LogP) is 0.377. The van der Waals surface area contributed by atoms with Gasteiger partial charge in [-0.05, 0) is 19.8 Å². The largest absolute Gasteiger partial charge is 0.379 e. The minimum atomic E-state index is -0.0877. The molecule has 0 saturated carbocycles. The van der Waals surface area contributed by atoms with Crippen LogP contribution in [0, 0.1) is 0 Å². The topological polar surface area (TPSA) is 134 Å². The molecule has 0 saturated heterocycles. The Morgan fingerprint density at radius 3 is 1.62 bits per heavy atom. The summed E-state index contributed by atoms with van der Waals surface area (Å²) in [6, 6.07) is 0. The molecule has 0 fully saturated rings. The quantitative estimate of drug-likeness (QED) is 0.143. The fourth-order valence-electron chi connectivity index (χ4n) is 2.97. The Kier molecular flexibility index (Phi) is 25.9. The van der Waals surface area contributed by atoms with Crippen LogP contribution < -0.4 is 10.6 Å². The van der Waals surface area contributed by atoms with Gasteiger partial charge in [-0.2, -0.15) is 0 Å². The van der Waals surface area contributed by atoms with E-state index in [1.54, 1.807) is 4.90 Å². The van der Waals surface area contributed by atoms with E-state index in [0.29, 0.717) is 105 Å². The number of amides is 3. The van der Waals surface area contributed by atoms with E-state index in [0.717, 1.165) is 12.8 Å². The van der Waals surface area contributed by atoms with Gasteiger partial charge in [0, 0.05) is 46.6 Å². The van der Waals surface area contributed by atoms with Crippen molar-refractivity contribution in [2.45, 2.75) is 40.0 Å². The Morgan fingerprint density at radius 1 is 0.568 bits per heavy atom. The van der Waals surface area contributed by atoms with Gasteiger partial charge in [-0.15, -0.1) is 0 Å². The van der Waals surface area contributed by atoms with E-state index in [2.05, 4.69) is 10.6 Å². The molecule has 0 radical (unpaired) electrons. The van der Waals surface area contributed by atoms with Crippen molar-refractivity contribution in [2.75, 3.05) is 105 Å². The summed E-state index contributed by atoms with van der Waals surface area (Å²) in [5.41, 5.74) is 0. The lowest BCUT2D eigenvalue weighted by Gasteiger charge is -2.23. The summed E-state index contributed by atoms with van der Waals surface area (Å²) in [6.07, 6.45) is 1.84. The van der Waals surface area contributed by atoms with Crippen molar-refractivity contribution in [1.29, 1.82) is 0 Å². The first-order chi connectivity index (χ1) is 18.0. The van der Waals surface area contributed by atoms with E-state index in [-0.39, 0.29) is 24.1 Å². The first-order valence-electron chi connectivity index (χ1n) is 13.2. The van der Waals surface area contributed by atoms with Crippen LogP contribution in [0.4, 0.5) is 0 Å². The van der Waals surface area contributed by atoms with Crippen molar-refractivity contribution in [3.8, 4) is 0 Å². The molecule has 0 bridgehead atoms. The van der Waals surface area contributed by atoms with E-state index >= 15 is 0 Å². The fraction of sp³-hybridized carbons (Fsp3) is 0.880. The van der Waals surface area contributed by atoms with E-state index in [1.807, 2.05) is 6.92 Å². The van der Waals surface area contributed by atoms with E-state index < -0.39 is 0 Å². The van der Waals surface area contributed by atoms with Gasteiger partial charge in [0.15, 0.2) is 0 Å². The molecule has 2 N–H and O–H groups in total. The van der Waals surface area contributed by atoms with Gasteiger partial charge in [-0.25, -0.2) is 0 Å². The molecule has 0 unspecified atom stereocenters. The minimum Gasteiger partial charge on any atom is -0.379 e. The highest BCUT2D eigenvalue weighted by Gasteiger charge is 2.13. The number of hydrogen-bond donors (Lipinski definition) is 2. The van der Waals surface area contributed by atoms with Gasteiger partial charge in [-0.1, -0.05) is 0 Å². The summed E-state index contributed by atoms with van der Waals surface area (Å²) in [5.74, 6) is -0.149. The number of carbonyl (C=O) groups excluding carboxylic acids is 3. The number of carbonyl (C=O) groups is 3. The number of hydrogen-bond acceptors (Lipinski definition) is 9. The Bertz CT molecular complexity index is 568. The molecule has 0 aliphatic heterocycles. The van der Waals surface area contributed by atoms with Gasteiger partial charge >= 0.3 is 0 Å². The maximum absolute atomic E-state index is 12.7. The second kappa shape index (κ2) is 27.2. The van der Waals surface area contributed by atoms with Crippen molar-refractivity contribution in [1.82, 2.24) is 15.5 Å². The molecule has 37 heavy (non-hydrogen) atoms. The van der Waals surface area contributed by atoms with Crippen LogP contribution in [0.3, 0.4) is 0 Å². The molecule has 0 aliphatic carbocycles. The standard InChI is InChI=1S/C25H49N3O9/c1-4-32-15-16-36-21-22-37-20-17-33-12-7-25(31)28(10-6-5-8-26-23(2)29)11-14-35-19-18-34-13-9-27-24(3)30/h4-22H2,1-3H3,(H,26,29)(H,27,30). The third kappa shape index (κ3) is 27.0. The lowest BCUT2D eigenvalue weighted by molar-refractivity contribution is -0.133. The van der Waals surface area contributed by atoms with Gasteiger partial charge in [0.05, 0.1) is 79.1 Å². The van der Waals surface area contributed by atoms with Crippen molar-refractivity contribution < 1.29 is 42.8 Å². The average Bonchev–Trinajstić information content (AvgIpc) is 2.86. The molecule has 0 aromatic carbocycles. The normalized spacial score (nSPS) is 10.9. The molecule has 0 rings (SSSR count). The van der Waals surface area contributed by atoms with Crippen LogP contribution in [0.15, 0.2) is 0 Å². The molecular formula is C25H49N3O9. The highest BCUT2D eigenvalue weighted by Crippen LogP contribution is 2.00. The Morgan fingerprint density at radius 2 is 1.05 bits per heavy atom. The second-order valence-corrected chi connectivity index (χ2v) is 8.06. The molecule has 0 atom stereocenters. The molecule has 0 aliphatic rings. The Hall–Kier alpha value is -1.83. The zero-order valence-electron chi connectivity index (χ0n) is 23.1. The third-order valence-electron chi connectivity index (χ3n) is 4.86. The SMILES string of the molecule is CCOCCOCCOCCOCCC(=O)N(CCCCNC(C)=O)CCOCCOCCNC(C)=O. The molecule has 12 heteroatoms. The second-order valence-electron chi connectivity index (χ2n) is 8.06. The average molecular weight is 536 g/mol. The van der Waals surface area contributed by atoms with Crippen LogP contribution in [-0.4, -0.2) is 128 Å². The lowest BCUT2D eigenvalue weighted by Crippen LogP contribution is -2.36. The highest BCUT2D eigenvalue weighted by atomic mass is 16.6. The first kappa shape index (κ1) is 35.2. The molecule has 218 valence electrons. The Labute approximate surface area is 222 Å². The molecule has 0 heterocycles. The van der Waals surface area contributed by atoms with Crippen LogP contribution in [0.5, 0.6) is 0 Å². The molecule has 0 aromatic heterocycles. The smallest absolute Gasteiger partial charge is 0.224 e. The zero-order valence-corrected chi connectivity index (χ0v) is 23.1. The maximum atomic E-state index is 12.7. The summed E-state index contributed by atoms with van der Waals surface area (Å²) in [4.78, 5) is 36.3. The fourth-order valence-corrected chi connectivity index (χ4v) is 2.97. The summed E-state index contributed by atoms with van der Waals surface area (Å²) in [5, 5.41) is 5.42. The summed E-state index contributed by atoms with van der Waals surface area (Å²) in [6.45, 7) is 12.6. The number of rotatable bonds is 27. The zero-order chi connectivity index (χ0) is 27.4. The first-order valence-corrected chi connectivity index (χ1v) is 13.2. The number of ether oxygens (including phenoxy) is 6. The monoisotopic (exact) mass is 535 g/mol. The lowest BCUT2D eigenvalue weighted by atomic mass is 10.2. The van der Waals surface area contributed by atoms with Gasteiger partial charge < -0.3 is 44.0 Å². The van der Waals surface area contributed by atoms with E-state index in [1.165, 1.54) is 13.8 Å². The number of nitrogens with zero attached hydrogens (tertiary/aromatic N) is 1. The Balaban J connectivity index is 4.00. The van der Waals surface area contributed by atoms with Crippen molar-refractivity contribution in [3.63, 3.8) is 0 Å². The van der Waals surface area contributed by atoms with Crippen molar-refractivity contribution in [2.24, 2.45) is 0 Å². The molecule has 12 nitrogen and oxygen atoms in total. The minimum absolute atomic E-state index is 0.00157. The molecule has 3 amide bonds. The molecular weight excluding hydrogens is 486 g/mol. The van der Waals surface area contributed by atoms with Gasteiger partial charge in [-0.3, -0.25) is 14.4 Å². The summed E-state index contributed by atoms with van der Waals surface area (Å²) >= 11 is 0. The van der Waals surface area contributed by atoms with Gasteiger partial charge in [0.1, 0.15) is 0 Å². The summed E-state index contributed by atoms with van der Waals surface area (Å²) in [7, 11) is 0. The number of unbranched alkanes of at least 4 members (excludes halogenated alkanes) is 1.